The van der Waals surface area contributed by atoms with Gasteiger partial charge < -0.3 is 4.74 Å². The zero-order valence-electron chi connectivity index (χ0n) is 12.7. The van der Waals surface area contributed by atoms with Crippen molar-refractivity contribution in [2.45, 2.75) is 51.9 Å². The van der Waals surface area contributed by atoms with Crippen molar-refractivity contribution < 1.29 is 9.53 Å². The summed E-state index contributed by atoms with van der Waals surface area (Å²) >= 11 is 0. The van der Waals surface area contributed by atoms with Gasteiger partial charge in [-0.3, -0.25) is 0 Å². The molecule has 0 aromatic heterocycles. The van der Waals surface area contributed by atoms with Gasteiger partial charge in [0, 0.05) is 0 Å². The standard InChI is InChI=1S/C18H26O2/c1-3-4-5-6-7-8-9-10-13-16-14-11-12-15-17(16)18(19)20-2/h10-15H,3-9H2,1-2H3. The molecule has 0 aliphatic rings. The molecule has 20 heavy (non-hydrogen) atoms. The molecule has 0 unspecified atom stereocenters. The third-order valence-electron chi connectivity index (χ3n) is 3.39. The normalized spacial score (nSPS) is 10.9. The summed E-state index contributed by atoms with van der Waals surface area (Å²) in [7, 11) is 1.42. The molecular weight excluding hydrogens is 248 g/mol. The van der Waals surface area contributed by atoms with Crippen LogP contribution in [0.2, 0.25) is 0 Å². The molecule has 0 atom stereocenters. The molecule has 0 saturated heterocycles. The van der Waals surface area contributed by atoms with Crippen LogP contribution in [0.1, 0.15) is 67.8 Å². The summed E-state index contributed by atoms with van der Waals surface area (Å²) in [5.74, 6) is -0.273. The lowest BCUT2D eigenvalue weighted by atomic mass is 10.1. The largest absolute Gasteiger partial charge is 0.465 e. The molecule has 0 heterocycles. The number of ether oxygens (including phenoxy) is 1. The number of unbranched alkanes of at least 4 members (excludes halogenated alkanes) is 6. The van der Waals surface area contributed by atoms with E-state index >= 15 is 0 Å². The molecule has 0 aliphatic heterocycles. The number of carbonyl (C=O) groups excluding carboxylic acids is 1. The Morgan fingerprint density at radius 1 is 1.10 bits per heavy atom. The first-order valence-corrected chi connectivity index (χ1v) is 7.63. The fourth-order valence-corrected chi connectivity index (χ4v) is 2.19. The highest BCUT2D eigenvalue weighted by Crippen LogP contribution is 2.13. The van der Waals surface area contributed by atoms with Crippen LogP contribution in [0, 0.1) is 0 Å². The van der Waals surface area contributed by atoms with Gasteiger partial charge in [0.25, 0.3) is 0 Å². The fraction of sp³-hybridized carbons (Fsp3) is 0.500. The summed E-state index contributed by atoms with van der Waals surface area (Å²) in [5, 5.41) is 0. The molecule has 0 N–H and O–H groups in total. The van der Waals surface area contributed by atoms with Crippen molar-refractivity contribution in [3.05, 3.63) is 41.5 Å². The van der Waals surface area contributed by atoms with Gasteiger partial charge in [0.15, 0.2) is 0 Å². The summed E-state index contributed by atoms with van der Waals surface area (Å²) in [6.45, 7) is 2.24. The second-order valence-corrected chi connectivity index (χ2v) is 5.04. The van der Waals surface area contributed by atoms with Crippen molar-refractivity contribution in [1.29, 1.82) is 0 Å². The van der Waals surface area contributed by atoms with Crippen LogP contribution in [0.3, 0.4) is 0 Å². The zero-order valence-corrected chi connectivity index (χ0v) is 12.7. The predicted molar refractivity (Wildman–Crippen MR) is 84.8 cm³/mol. The zero-order chi connectivity index (χ0) is 14.6. The Hall–Kier alpha value is -1.57. The molecule has 1 aromatic rings. The smallest absolute Gasteiger partial charge is 0.338 e. The van der Waals surface area contributed by atoms with Gasteiger partial charge in [0.05, 0.1) is 12.7 Å². The topological polar surface area (TPSA) is 26.3 Å². The van der Waals surface area contributed by atoms with E-state index in [4.69, 9.17) is 4.74 Å². The van der Waals surface area contributed by atoms with Gasteiger partial charge in [-0.15, -0.1) is 0 Å². The van der Waals surface area contributed by atoms with Crippen LogP contribution in [-0.2, 0) is 4.74 Å². The van der Waals surface area contributed by atoms with Gasteiger partial charge >= 0.3 is 5.97 Å². The van der Waals surface area contributed by atoms with E-state index in [1.165, 1.54) is 45.6 Å². The summed E-state index contributed by atoms with van der Waals surface area (Å²) in [6, 6.07) is 7.55. The van der Waals surface area contributed by atoms with Crippen molar-refractivity contribution in [3.8, 4) is 0 Å². The number of benzene rings is 1. The van der Waals surface area contributed by atoms with Crippen LogP contribution in [0.4, 0.5) is 0 Å². The van der Waals surface area contributed by atoms with Crippen LogP contribution >= 0.6 is 0 Å². The lowest BCUT2D eigenvalue weighted by molar-refractivity contribution is 0.0600. The Morgan fingerprint density at radius 3 is 2.55 bits per heavy atom. The number of hydrogen-bond acceptors (Lipinski definition) is 2. The van der Waals surface area contributed by atoms with E-state index in [1.54, 1.807) is 6.07 Å². The summed E-state index contributed by atoms with van der Waals surface area (Å²) in [5.41, 5.74) is 1.57. The summed E-state index contributed by atoms with van der Waals surface area (Å²) < 4.78 is 4.79. The van der Waals surface area contributed by atoms with Crippen molar-refractivity contribution in [1.82, 2.24) is 0 Å². The molecule has 0 spiro atoms. The van der Waals surface area contributed by atoms with Crippen LogP contribution in [0.25, 0.3) is 6.08 Å². The van der Waals surface area contributed by atoms with Crippen LogP contribution in [0.5, 0.6) is 0 Å². The number of methoxy groups -OCH3 is 1. The van der Waals surface area contributed by atoms with E-state index in [-0.39, 0.29) is 5.97 Å². The third-order valence-corrected chi connectivity index (χ3v) is 3.39. The maximum Gasteiger partial charge on any atom is 0.338 e. The average molecular weight is 274 g/mol. The average Bonchev–Trinajstić information content (AvgIpc) is 2.49. The Bertz CT molecular complexity index is 421. The number of hydrogen-bond donors (Lipinski definition) is 0. The van der Waals surface area contributed by atoms with Crippen molar-refractivity contribution in [2.75, 3.05) is 7.11 Å². The first-order valence-electron chi connectivity index (χ1n) is 7.63. The Morgan fingerprint density at radius 2 is 1.80 bits per heavy atom. The van der Waals surface area contributed by atoms with E-state index in [0.29, 0.717) is 5.56 Å². The first-order chi connectivity index (χ1) is 9.79. The van der Waals surface area contributed by atoms with E-state index in [0.717, 1.165) is 12.0 Å². The molecule has 0 radical (unpaired) electrons. The van der Waals surface area contributed by atoms with E-state index < -0.39 is 0 Å². The molecular formula is C18H26O2. The third kappa shape index (κ3) is 6.05. The molecule has 0 fully saturated rings. The first kappa shape index (κ1) is 16.5. The summed E-state index contributed by atoms with van der Waals surface area (Å²) in [6.07, 6.45) is 13.1. The molecule has 0 amide bonds. The Kier molecular flexibility index (Phi) is 8.44. The Balaban J connectivity index is 2.37. The van der Waals surface area contributed by atoms with Crippen LogP contribution in [-0.4, -0.2) is 13.1 Å². The van der Waals surface area contributed by atoms with Crippen LogP contribution in [0.15, 0.2) is 30.3 Å². The number of rotatable bonds is 9. The minimum atomic E-state index is -0.273. The Labute approximate surface area is 122 Å². The number of allylic oxidation sites excluding steroid dienone is 1. The van der Waals surface area contributed by atoms with E-state index in [2.05, 4.69) is 13.0 Å². The van der Waals surface area contributed by atoms with Gasteiger partial charge in [0.1, 0.15) is 0 Å². The van der Waals surface area contributed by atoms with Crippen molar-refractivity contribution >= 4 is 12.0 Å². The highest BCUT2D eigenvalue weighted by molar-refractivity contribution is 5.93. The molecule has 1 aromatic carbocycles. The molecule has 1 rings (SSSR count). The highest BCUT2D eigenvalue weighted by Gasteiger charge is 2.07. The maximum atomic E-state index is 11.6. The van der Waals surface area contributed by atoms with Gasteiger partial charge in [-0.1, -0.05) is 69.4 Å². The maximum absolute atomic E-state index is 11.6. The number of esters is 1. The molecule has 0 bridgehead atoms. The lowest BCUT2D eigenvalue weighted by Gasteiger charge is -2.03. The van der Waals surface area contributed by atoms with Gasteiger partial charge in [-0.2, -0.15) is 0 Å². The molecule has 0 aliphatic carbocycles. The fourth-order valence-electron chi connectivity index (χ4n) is 2.19. The summed E-state index contributed by atoms with van der Waals surface area (Å²) in [4.78, 5) is 11.6. The second-order valence-electron chi connectivity index (χ2n) is 5.04. The molecule has 2 heteroatoms. The SMILES string of the molecule is CCCCCCCCC=Cc1ccccc1C(=O)OC. The van der Waals surface area contributed by atoms with Crippen molar-refractivity contribution in [2.24, 2.45) is 0 Å². The predicted octanol–water partition coefficient (Wildman–Crippen LogP) is 5.24. The molecule has 110 valence electrons. The second kappa shape index (κ2) is 10.2. The highest BCUT2D eigenvalue weighted by atomic mass is 16.5. The van der Waals surface area contributed by atoms with Crippen LogP contribution < -0.4 is 0 Å². The van der Waals surface area contributed by atoms with E-state index in [1.807, 2.05) is 24.3 Å². The minimum absolute atomic E-state index is 0.273. The van der Waals surface area contributed by atoms with Gasteiger partial charge in [-0.05, 0) is 24.5 Å². The van der Waals surface area contributed by atoms with E-state index in [9.17, 15) is 4.79 Å². The van der Waals surface area contributed by atoms with Crippen molar-refractivity contribution in [3.63, 3.8) is 0 Å². The minimum Gasteiger partial charge on any atom is -0.465 e. The number of carbonyl (C=O) groups is 1. The molecule has 2 nitrogen and oxygen atoms in total. The molecule has 0 saturated carbocycles. The van der Waals surface area contributed by atoms with Gasteiger partial charge in [0.2, 0.25) is 0 Å². The quantitative estimate of drug-likeness (QED) is 0.455. The van der Waals surface area contributed by atoms with Gasteiger partial charge in [-0.25, -0.2) is 4.79 Å². The monoisotopic (exact) mass is 274 g/mol. The lowest BCUT2D eigenvalue weighted by Crippen LogP contribution is -2.02.